The molecule has 0 radical (unpaired) electrons. The second-order valence-electron chi connectivity index (χ2n) is 2.10. The van der Waals surface area contributed by atoms with Crippen LogP contribution < -0.4 is 0 Å². The molecule has 0 amide bonds. The quantitative estimate of drug-likeness (QED) is 0.468. The van der Waals surface area contributed by atoms with Gasteiger partial charge in [0, 0.05) is 12.5 Å². The van der Waals surface area contributed by atoms with E-state index < -0.39 is 6.10 Å². The maximum Gasteiger partial charge on any atom is 0.0773 e. The highest BCUT2D eigenvalue weighted by atomic mass is 16.3. The van der Waals surface area contributed by atoms with Gasteiger partial charge in [0.15, 0.2) is 0 Å². The Labute approximate surface area is 48.5 Å². The fraction of sp³-hybridized carbons (Fsp3) is 0.667. The van der Waals surface area contributed by atoms with Crippen molar-refractivity contribution in [1.82, 2.24) is 0 Å². The molecule has 0 unspecified atom stereocenters. The molecule has 1 aliphatic carbocycles. The van der Waals surface area contributed by atoms with Crippen LogP contribution in [0.1, 0.15) is 6.42 Å². The molecular weight excluding hydrogens is 104 g/mol. The van der Waals surface area contributed by atoms with Crippen LogP contribution in [0.15, 0.2) is 12.2 Å². The molecule has 0 fully saturated rings. The third-order valence-corrected chi connectivity index (χ3v) is 1.49. The molecule has 2 heteroatoms. The lowest BCUT2D eigenvalue weighted by atomic mass is 10.1. The number of aliphatic hydroxyl groups excluding tert-OH is 2. The minimum Gasteiger partial charge on any atom is -0.396 e. The highest BCUT2D eigenvalue weighted by Crippen LogP contribution is 2.16. The molecular formula is C6H10O2. The van der Waals surface area contributed by atoms with Crippen molar-refractivity contribution in [2.24, 2.45) is 5.92 Å². The van der Waals surface area contributed by atoms with E-state index in [9.17, 15) is 0 Å². The smallest absolute Gasteiger partial charge is 0.0773 e. The van der Waals surface area contributed by atoms with E-state index in [0.717, 1.165) is 6.42 Å². The van der Waals surface area contributed by atoms with Gasteiger partial charge in [-0.1, -0.05) is 12.2 Å². The molecule has 2 N–H and O–H groups in total. The fourth-order valence-corrected chi connectivity index (χ4v) is 0.872. The molecule has 0 aromatic rings. The summed E-state index contributed by atoms with van der Waals surface area (Å²) in [7, 11) is 0. The van der Waals surface area contributed by atoms with Crippen LogP contribution in [0.2, 0.25) is 0 Å². The van der Waals surface area contributed by atoms with Crippen LogP contribution in [0.25, 0.3) is 0 Å². The maximum atomic E-state index is 8.94. The summed E-state index contributed by atoms with van der Waals surface area (Å²) in [6, 6.07) is 0. The normalized spacial score (nSPS) is 36.2. The minimum absolute atomic E-state index is 0.0648. The van der Waals surface area contributed by atoms with Gasteiger partial charge in [-0.25, -0.2) is 0 Å². The van der Waals surface area contributed by atoms with E-state index in [1.807, 2.05) is 6.08 Å². The Hall–Kier alpha value is -0.340. The Kier molecular flexibility index (Phi) is 1.65. The molecule has 0 saturated carbocycles. The van der Waals surface area contributed by atoms with E-state index in [4.69, 9.17) is 10.2 Å². The van der Waals surface area contributed by atoms with Crippen molar-refractivity contribution in [3.05, 3.63) is 12.2 Å². The first-order valence-corrected chi connectivity index (χ1v) is 2.80. The summed E-state index contributed by atoms with van der Waals surface area (Å²) in [5.74, 6) is 0.0648. The molecule has 2 nitrogen and oxygen atoms in total. The van der Waals surface area contributed by atoms with Crippen molar-refractivity contribution in [2.75, 3.05) is 6.61 Å². The van der Waals surface area contributed by atoms with Gasteiger partial charge in [0.25, 0.3) is 0 Å². The standard InChI is InChI=1S/C6H10O2/c7-4-5-2-1-3-6(5)8/h1,3,5-8H,2,4H2/t5-,6+/m0/s1. The molecule has 0 aromatic heterocycles. The molecule has 0 spiro atoms. The molecule has 0 aromatic carbocycles. The Balaban J connectivity index is 2.38. The highest BCUT2D eigenvalue weighted by Gasteiger charge is 2.18. The zero-order chi connectivity index (χ0) is 5.98. The molecule has 2 atom stereocenters. The molecule has 8 heavy (non-hydrogen) atoms. The monoisotopic (exact) mass is 114 g/mol. The summed E-state index contributed by atoms with van der Waals surface area (Å²) < 4.78 is 0. The zero-order valence-corrected chi connectivity index (χ0v) is 4.62. The molecule has 1 rings (SSSR count). The second kappa shape index (κ2) is 2.29. The van der Waals surface area contributed by atoms with Crippen molar-refractivity contribution >= 4 is 0 Å². The van der Waals surface area contributed by atoms with E-state index >= 15 is 0 Å². The van der Waals surface area contributed by atoms with Crippen LogP contribution in [-0.2, 0) is 0 Å². The lowest BCUT2D eigenvalue weighted by molar-refractivity contribution is 0.112. The summed E-state index contributed by atoms with van der Waals surface area (Å²) >= 11 is 0. The molecule has 0 heterocycles. The van der Waals surface area contributed by atoms with Crippen molar-refractivity contribution in [3.8, 4) is 0 Å². The van der Waals surface area contributed by atoms with Crippen molar-refractivity contribution in [3.63, 3.8) is 0 Å². The van der Waals surface area contributed by atoms with Gasteiger partial charge in [-0.15, -0.1) is 0 Å². The predicted molar refractivity (Wildman–Crippen MR) is 30.3 cm³/mol. The topological polar surface area (TPSA) is 40.5 Å². The van der Waals surface area contributed by atoms with Gasteiger partial charge in [-0.2, -0.15) is 0 Å². The van der Waals surface area contributed by atoms with Crippen molar-refractivity contribution < 1.29 is 10.2 Å². The summed E-state index contributed by atoms with van der Waals surface area (Å²) in [5.41, 5.74) is 0. The highest BCUT2D eigenvalue weighted by molar-refractivity contribution is 5.01. The molecule has 46 valence electrons. The van der Waals surface area contributed by atoms with Crippen molar-refractivity contribution in [1.29, 1.82) is 0 Å². The van der Waals surface area contributed by atoms with Gasteiger partial charge < -0.3 is 10.2 Å². The maximum absolute atomic E-state index is 8.94. The van der Waals surface area contributed by atoms with Crippen molar-refractivity contribution in [2.45, 2.75) is 12.5 Å². The zero-order valence-electron chi connectivity index (χ0n) is 4.62. The van der Waals surface area contributed by atoms with E-state index in [0.29, 0.717) is 0 Å². The number of rotatable bonds is 1. The largest absolute Gasteiger partial charge is 0.396 e. The SMILES string of the molecule is OC[C@@H]1CC=C[C@H]1O. The van der Waals surface area contributed by atoms with Crippen LogP contribution in [0.5, 0.6) is 0 Å². The van der Waals surface area contributed by atoms with Crippen LogP contribution in [-0.4, -0.2) is 22.9 Å². The second-order valence-corrected chi connectivity index (χ2v) is 2.10. The first-order chi connectivity index (χ1) is 3.84. The molecule has 0 saturated heterocycles. The summed E-state index contributed by atoms with van der Waals surface area (Å²) in [5, 5.41) is 17.5. The van der Waals surface area contributed by atoms with E-state index in [1.165, 1.54) is 0 Å². The summed E-state index contributed by atoms with van der Waals surface area (Å²) in [4.78, 5) is 0. The molecule has 0 aliphatic heterocycles. The Bertz CT molecular complexity index is 98.7. The van der Waals surface area contributed by atoms with Crippen LogP contribution in [0.4, 0.5) is 0 Å². The van der Waals surface area contributed by atoms with Gasteiger partial charge in [0.1, 0.15) is 0 Å². The average molecular weight is 114 g/mol. The minimum atomic E-state index is -0.403. The number of hydrogen-bond donors (Lipinski definition) is 2. The van der Waals surface area contributed by atoms with Crippen LogP contribution >= 0.6 is 0 Å². The first-order valence-electron chi connectivity index (χ1n) is 2.80. The Morgan fingerprint density at radius 3 is 2.62 bits per heavy atom. The summed E-state index contributed by atoms with van der Waals surface area (Å²) in [6.07, 6.45) is 4.03. The van der Waals surface area contributed by atoms with Gasteiger partial charge >= 0.3 is 0 Å². The lowest BCUT2D eigenvalue weighted by Gasteiger charge is -2.08. The first kappa shape index (κ1) is 5.79. The van der Waals surface area contributed by atoms with E-state index in [1.54, 1.807) is 6.08 Å². The fourth-order valence-electron chi connectivity index (χ4n) is 0.872. The number of aliphatic hydroxyl groups is 2. The van der Waals surface area contributed by atoms with Crippen LogP contribution in [0.3, 0.4) is 0 Å². The third kappa shape index (κ3) is 0.904. The Morgan fingerprint density at radius 2 is 2.38 bits per heavy atom. The van der Waals surface area contributed by atoms with Gasteiger partial charge in [0.05, 0.1) is 6.10 Å². The number of hydrogen-bond acceptors (Lipinski definition) is 2. The average Bonchev–Trinajstić information content (AvgIpc) is 2.14. The van der Waals surface area contributed by atoms with Gasteiger partial charge in [-0.3, -0.25) is 0 Å². The molecule has 0 bridgehead atoms. The summed E-state index contributed by atoms with van der Waals surface area (Å²) in [6.45, 7) is 0.0914. The lowest BCUT2D eigenvalue weighted by Crippen LogP contribution is -2.16. The Morgan fingerprint density at radius 1 is 1.62 bits per heavy atom. The molecule has 1 aliphatic rings. The van der Waals surface area contributed by atoms with E-state index in [-0.39, 0.29) is 12.5 Å². The van der Waals surface area contributed by atoms with E-state index in [2.05, 4.69) is 0 Å². The van der Waals surface area contributed by atoms with Gasteiger partial charge in [-0.05, 0) is 6.42 Å². The third-order valence-electron chi connectivity index (χ3n) is 1.49. The van der Waals surface area contributed by atoms with Crippen LogP contribution in [0, 0.1) is 5.92 Å². The number of allylic oxidation sites excluding steroid dienone is 1. The predicted octanol–water partition coefficient (Wildman–Crippen LogP) is -0.0843. The van der Waals surface area contributed by atoms with Gasteiger partial charge in [0.2, 0.25) is 0 Å².